The van der Waals surface area contributed by atoms with Crippen LogP contribution in [0.1, 0.15) is 30.7 Å². The van der Waals surface area contributed by atoms with E-state index in [-0.39, 0.29) is 0 Å². The van der Waals surface area contributed by atoms with Gasteiger partial charge in [0.1, 0.15) is 5.82 Å². The van der Waals surface area contributed by atoms with Gasteiger partial charge in [-0.2, -0.15) is 5.10 Å². The molecule has 1 unspecified atom stereocenters. The zero-order valence-corrected chi connectivity index (χ0v) is 19.8. The molecule has 0 bridgehead atoms. The Hall–Kier alpha value is -3.66. The van der Waals surface area contributed by atoms with Crippen molar-refractivity contribution in [3.63, 3.8) is 0 Å². The number of nitrogens with zero attached hydrogens (tertiary/aromatic N) is 5. The van der Waals surface area contributed by atoms with E-state index in [0.29, 0.717) is 24.3 Å². The summed E-state index contributed by atoms with van der Waals surface area (Å²) in [6.07, 6.45) is 3.37. The lowest BCUT2D eigenvalue weighted by atomic mass is 10.1. The summed E-state index contributed by atoms with van der Waals surface area (Å²) < 4.78 is 7.42. The number of carbonyl (C=O) groups is 2. The number of pyridine rings is 2. The fraction of sp³-hybridized carbons (Fsp3) is 0.417. The van der Waals surface area contributed by atoms with E-state index in [9.17, 15) is 9.59 Å². The van der Waals surface area contributed by atoms with Crippen LogP contribution in [-0.4, -0.2) is 57.9 Å². The van der Waals surface area contributed by atoms with Gasteiger partial charge in [-0.1, -0.05) is 0 Å². The zero-order chi connectivity index (χ0) is 24.1. The fourth-order valence-electron chi connectivity index (χ4n) is 5.15. The molecule has 2 aliphatic rings. The number of aromatic nitrogens is 3. The molecule has 5 heterocycles. The highest BCUT2D eigenvalue weighted by atomic mass is 16.6. The maximum atomic E-state index is 12.2. The minimum Gasteiger partial charge on any atom is -0.434 e. The molecule has 1 fully saturated rings. The Morgan fingerprint density at radius 2 is 1.88 bits per heavy atom. The summed E-state index contributed by atoms with van der Waals surface area (Å²) in [5.74, 6) is -1.47. The zero-order valence-electron chi connectivity index (χ0n) is 19.8. The van der Waals surface area contributed by atoms with Crippen LogP contribution in [0, 0.1) is 13.8 Å². The van der Waals surface area contributed by atoms with Gasteiger partial charge in [0.2, 0.25) is 0 Å². The van der Waals surface area contributed by atoms with E-state index in [1.54, 1.807) is 6.20 Å². The number of fused-ring (bicyclic) bond motifs is 2. The second-order valence-electron chi connectivity index (χ2n) is 9.30. The number of primary amides is 1. The molecule has 3 N–H and O–H groups in total. The summed E-state index contributed by atoms with van der Waals surface area (Å²) in [7, 11) is 0. The number of amides is 1. The largest absolute Gasteiger partial charge is 0.434 e. The number of esters is 1. The number of piperazine rings is 1. The van der Waals surface area contributed by atoms with Crippen molar-refractivity contribution in [2.24, 2.45) is 5.73 Å². The van der Waals surface area contributed by atoms with E-state index in [0.717, 1.165) is 46.8 Å². The minimum absolute atomic E-state index is 0.336. The normalized spacial score (nSPS) is 22.2. The van der Waals surface area contributed by atoms with Crippen molar-refractivity contribution in [1.82, 2.24) is 19.9 Å². The van der Waals surface area contributed by atoms with Crippen molar-refractivity contribution in [3.05, 3.63) is 47.4 Å². The predicted molar refractivity (Wildman–Crippen MR) is 128 cm³/mol. The van der Waals surface area contributed by atoms with Gasteiger partial charge in [0.05, 0.1) is 16.9 Å². The lowest BCUT2D eigenvalue weighted by molar-refractivity contribution is -0.157. The molecule has 3 atom stereocenters. The average molecular weight is 464 g/mol. The van der Waals surface area contributed by atoms with Crippen LogP contribution in [0.4, 0.5) is 17.2 Å². The van der Waals surface area contributed by atoms with Gasteiger partial charge in [-0.15, -0.1) is 0 Å². The van der Waals surface area contributed by atoms with Gasteiger partial charge in [-0.25, -0.2) is 14.3 Å². The van der Waals surface area contributed by atoms with E-state index in [1.165, 1.54) is 0 Å². The van der Waals surface area contributed by atoms with E-state index in [1.807, 2.05) is 47.7 Å². The van der Waals surface area contributed by atoms with Gasteiger partial charge in [-0.05, 0) is 51.5 Å². The van der Waals surface area contributed by atoms with Crippen molar-refractivity contribution in [2.45, 2.75) is 52.4 Å². The Kier molecular flexibility index (Phi) is 5.40. The number of ether oxygens (including phenoxy) is 1. The van der Waals surface area contributed by atoms with E-state index in [2.05, 4.69) is 29.2 Å². The Morgan fingerprint density at radius 1 is 1.15 bits per heavy atom. The molecule has 0 aliphatic carbocycles. The molecule has 1 amide bonds. The van der Waals surface area contributed by atoms with E-state index < -0.39 is 18.1 Å². The maximum absolute atomic E-state index is 12.2. The first-order valence-electron chi connectivity index (χ1n) is 11.5. The van der Waals surface area contributed by atoms with E-state index >= 15 is 0 Å². The van der Waals surface area contributed by atoms with E-state index in [4.69, 9.17) is 15.5 Å². The molecule has 3 aromatic heterocycles. The van der Waals surface area contributed by atoms with Crippen LogP contribution in [-0.2, 0) is 20.7 Å². The van der Waals surface area contributed by atoms with Gasteiger partial charge in [0.25, 0.3) is 0 Å². The molecule has 1 saturated heterocycles. The molecule has 0 spiro atoms. The number of anilines is 3. The number of nitrogens with two attached hydrogens (primary N) is 1. The summed E-state index contributed by atoms with van der Waals surface area (Å²) in [5.41, 5.74) is 10.8. The summed E-state index contributed by atoms with van der Waals surface area (Å²) >= 11 is 0. The highest BCUT2D eigenvalue weighted by Gasteiger charge is 2.39. The molecule has 0 aromatic carbocycles. The van der Waals surface area contributed by atoms with Crippen LogP contribution in [0.25, 0.3) is 5.52 Å². The fourth-order valence-corrected chi connectivity index (χ4v) is 5.15. The summed E-state index contributed by atoms with van der Waals surface area (Å²) in [6, 6.07) is 6.67. The Labute approximate surface area is 197 Å². The van der Waals surface area contributed by atoms with Gasteiger partial charge in [0.15, 0.2) is 6.23 Å². The monoisotopic (exact) mass is 463 g/mol. The number of hydrogen-bond acceptors (Lipinski definition) is 8. The molecule has 3 aromatic rings. The van der Waals surface area contributed by atoms with Gasteiger partial charge in [0, 0.05) is 55.2 Å². The van der Waals surface area contributed by atoms with Crippen LogP contribution in [0.5, 0.6) is 0 Å². The molecule has 34 heavy (non-hydrogen) atoms. The van der Waals surface area contributed by atoms with Crippen LogP contribution >= 0.6 is 0 Å². The third kappa shape index (κ3) is 3.83. The van der Waals surface area contributed by atoms with Crippen molar-refractivity contribution in [2.75, 3.05) is 22.9 Å². The summed E-state index contributed by atoms with van der Waals surface area (Å²) in [4.78, 5) is 32.7. The smallest absolute Gasteiger partial charge is 0.398 e. The van der Waals surface area contributed by atoms with Crippen molar-refractivity contribution >= 4 is 34.6 Å². The Balaban J connectivity index is 1.62. The molecule has 178 valence electrons. The number of nitrogens with one attached hydrogen (secondary N) is 1. The second-order valence-corrected chi connectivity index (χ2v) is 9.30. The summed E-state index contributed by atoms with van der Waals surface area (Å²) in [5, 5.41) is 8.05. The van der Waals surface area contributed by atoms with Gasteiger partial charge >= 0.3 is 11.9 Å². The van der Waals surface area contributed by atoms with Crippen LogP contribution < -0.4 is 20.9 Å². The van der Waals surface area contributed by atoms with Crippen LogP contribution in [0.3, 0.4) is 0 Å². The highest BCUT2D eigenvalue weighted by Crippen LogP contribution is 2.43. The number of aryl methyl sites for hydroxylation is 2. The van der Waals surface area contributed by atoms with Crippen LogP contribution in [0.15, 0.2) is 30.6 Å². The third-order valence-electron chi connectivity index (χ3n) is 6.40. The standard InChI is InChI=1S/C24H29N7O3/c1-13-10-30-17(7-14(2)28-30)8-20(13)31-21(34-24(33)22(25)32)9-18-19(5-6-26-23(18)31)29-11-15(3)27-16(4)12-29/h5-8,10,15-16,21,27H,9,11-12H2,1-4H3,(H2,25,32)/t15-,16+,21?. The van der Waals surface area contributed by atoms with Gasteiger partial charge in [-0.3, -0.25) is 9.69 Å². The highest BCUT2D eigenvalue weighted by molar-refractivity contribution is 6.31. The summed E-state index contributed by atoms with van der Waals surface area (Å²) in [6.45, 7) is 9.95. The Bertz CT molecular complexity index is 1280. The first-order valence-corrected chi connectivity index (χ1v) is 11.5. The average Bonchev–Trinajstić information content (AvgIpc) is 3.30. The van der Waals surface area contributed by atoms with Crippen molar-refractivity contribution < 1.29 is 14.3 Å². The van der Waals surface area contributed by atoms with Gasteiger partial charge < -0.3 is 20.7 Å². The topological polar surface area (TPSA) is 118 Å². The maximum Gasteiger partial charge on any atom is 0.398 e. The third-order valence-corrected chi connectivity index (χ3v) is 6.40. The number of rotatable bonds is 3. The molecule has 0 saturated carbocycles. The van der Waals surface area contributed by atoms with Crippen molar-refractivity contribution in [3.8, 4) is 0 Å². The molecule has 0 radical (unpaired) electrons. The SMILES string of the molecule is Cc1cc2cc(N3c4nccc(N5C[C@@H](C)N[C@@H](C)C5)c4CC3OC(=O)C(N)=O)c(C)cn2n1. The molecule has 10 heteroatoms. The molecular weight excluding hydrogens is 434 g/mol. The second kappa shape index (κ2) is 8.28. The van der Waals surface area contributed by atoms with Crippen molar-refractivity contribution in [1.29, 1.82) is 0 Å². The lowest BCUT2D eigenvalue weighted by Gasteiger charge is -2.38. The lowest BCUT2D eigenvalue weighted by Crippen LogP contribution is -2.54. The first kappa shape index (κ1) is 22.1. The minimum atomic E-state index is -1.12. The van der Waals surface area contributed by atoms with Crippen LogP contribution in [0.2, 0.25) is 0 Å². The Morgan fingerprint density at radius 3 is 2.59 bits per heavy atom. The first-order chi connectivity index (χ1) is 16.2. The quantitative estimate of drug-likeness (QED) is 0.444. The number of carbonyl (C=O) groups excluding carboxylic acids is 2. The molecule has 5 rings (SSSR count). The molecule has 10 nitrogen and oxygen atoms in total. The predicted octanol–water partition coefficient (Wildman–Crippen LogP) is 1.58. The number of hydrogen-bond donors (Lipinski definition) is 2. The molecular formula is C24H29N7O3. The molecule has 2 aliphatic heterocycles.